The number of aryl methyl sites for hydroxylation is 2. The number of rotatable bonds is 13. The molecule has 0 unspecified atom stereocenters. The van der Waals surface area contributed by atoms with Gasteiger partial charge < -0.3 is 33.4 Å². The number of pyridine rings is 2. The molecule has 0 saturated carbocycles. The quantitative estimate of drug-likeness (QED) is 0.0892. The highest BCUT2D eigenvalue weighted by Crippen LogP contribution is 2.35. The van der Waals surface area contributed by atoms with Crippen LogP contribution in [-0.2, 0) is 17.6 Å². The highest BCUT2D eigenvalue weighted by atomic mass is 19.4. The van der Waals surface area contributed by atoms with E-state index in [1.165, 1.54) is 55.6 Å². The first-order chi connectivity index (χ1) is 31.0. The number of hydrogen-bond donors (Lipinski definition) is 1. The topological polar surface area (TPSA) is 118 Å². The smallest absolute Gasteiger partial charge is 0.457 e. The van der Waals surface area contributed by atoms with Gasteiger partial charge in [-0.05, 0) is 123 Å². The summed E-state index contributed by atoms with van der Waals surface area (Å²) in [5.41, 5.74) is 8.38. The normalized spacial score (nSPS) is 11.5. The Balaban J connectivity index is 0.000000249. The number of halogens is 6. The van der Waals surface area contributed by atoms with Crippen LogP contribution in [0.2, 0.25) is 0 Å². The number of methoxy groups -OCH3 is 1. The van der Waals surface area contributed by atoms with Crippen molar-refractivity contribution in [3.8, 4) is 40.2 Å². The van der Waals surface area contributed by atoms with E-state index < -0.39 is 18.9 Å². The van der Waals surface area contributed by atoms with Crippen molar-refractivity contribution >= 4 is 6.16 Å². The molecule has 6 rings (SSSR count). The van der Waals surface area contributed by atoms with Crippen molar-refractivity contribution in [2.75, 3.05) is 7.11 Å². The molecule has 0 radical (unpaired) electrons. The number of carbonyl (C=O) groups excluding carboxylic acids is 1. The molecule has 0 saturated heterocycles. The van der Waals surface area contributed by atoms with E-state index in [9.17, 15) is 35.9 Å². The van der Waals surface area contributed by atoms with E-state index in [4.69, 9.17) is 23.9 Å². The van der Waals surface area contributed by atoms with Gasteiger partial charge in [0.25, 0.3) is 0 Å². The lowest BCUT2D eigenvalue weighted by atomic mass is 9.94. The van der Waals surface area contributed by atoms with Crippen LogP contribution in [0.1, 0.15) is 95.7 Å². The molecule has 1 N–H and O–H groups in total. The Hall–Kier alpha value is -6.97. The predicted octanol–water partition coefficient (Wildman–Crippen LogP) is 13.6. The summed E-state index contributed by atoms with van der Waals surface area (Å²) < 4.78 is 103. The SMILES string of the molecule is COC(=O)Oc1c(C)c(C)nc(C(C)C)c1Cc1ccc(Oc2ccc(OC(F)(F)F)cc2)cc1.Cc1[nH]c(C(C)C)c(Cc2ccc(Oc3ccc(OC(F)(F)F)cc3)cc2)c(=O)c1C. The van der Waals surface area contributed by atoms with Crippen molar-refractivity contribution < 1.29 is 59.6 Å². The van der Waals surface area contributed by atoms with Crippen molar-refractivity contribution in [1.29, 1.82) is 0 Å². The molecule has 0 aliphatic heterocycles. The van der Waals surface area contributed by atoms with Gasteiger partial charge in [-0.15, -0.1) is 26.3 Å². The van der Waals surface area contributed by atoms with E-state index in [0.29, 0.717) is 41.6 Å². The minimum atomic E-state index is -4.75. The molecule has 0 bridgehead atoms. The van der Waals surface area contributed by atoms with Crippen LogP contribution in [-0.4, -0.2) is 36.0 Å². The third-order valence-corrected chi connectivity index (χ3v) is 10.3. The zero-order valence-electron chi connectivity index (χ0n) is 37.8. The third-order valence-electron chi connectivity index (χ3n) is 10.3. The Kier molecular flexibility index (Phi) is 16.2. The molecule has 6 aromatic rings. The van der Waals surface area contributed by atoms with Crippen LogP contribution in [0.5, 0.6) is 40.2 Å². The summed E-state index contributed by atoms with van der Waals surface area (Å²) in [6, 6.07) is 24.8. The Morgan fingerprint density at radius 1 is 0.591 bits per heavy atom. The lowest BCUT2D eigenvalue weighted by molar-refractivity contribution is -0.275. The molecule has 350 valence electrons. The standard InChI is InChI=1S/C26H26F3NO5.C24H24F3NO3/c1-15(2)23-22(24(34-25(31)32-5)16(3)17(4)30-23)14-18-6-8-19(9-7-18)33-20-10-12-21(13-11-20)35-26(27,28)29;1-14(2)22-21(23(29)15(3)16(4)28-22)13-17-5-7-18(8-6-17)30-19-9-11-20(12-10-19)31-24(25,26)27/h6-13,15H,14H2,1-5H3;5-12,14H,13H2,1-4H3,(H,28,29). The third kappa shape index (κ3) is 14.0. The highest BCUT2D eigenvalue weighted by Gasteiger charge is 2.32. The molecule has 16 heteroatoms. The number of aromatic amines is 1. The molecule has 0 amide bonds. The summed E-state index contributed by atoms with van der Waals surface area (Å²) in [6.07, 6.45) is -9.33. The zero-order valence-corrected chi connectivity index (χ0v) is 37.8. The second kappa shape index (κ2) is 21.3. The molecule has 0 spiro atoms. The number of alkyl halides is 6. The predicted molar refractivity (Wildman–Crippen MR) is 236 cm³/mol. The van der Waals surface area contributed by atoms with Gasteiger partial charge in [0.2, 0.25) is 0 Å². The van der Waals surface area contributed by atoms with Gasteiger partial charge in [0.05, 0.1) is 12.8 Å². The van der Waals surface area contributed by atoms with E-state index >= 15 is 0 Å². The maximum atomic E-state index is 12.8. The average molecular weight is 921 g/mol. The van der Waals surface area contributed by atoms with Crippen molar-refractivity contribution in [2.45, 2.75) is 92.8 Å². The van der Waals surface area contributed by atoms with Gasteiger partial charge in [0.15, 0.2) is 5.43 Å². The molecular weight excluding hydrogens is 871 g/mol. The molecule has 10 nitrogen and oxygen atoms in total. The molecule has 66 heavy (non-hydrogen) atoms. The first-order valence-electron chi connectivity index (χ1n) is 20.7. The van der Waals surface area contributed by atoms with Crippen LogP contribution in [0.25, 0.3) is 0 Å². The molecule has 2 aromatic heterocycles. The number of ether oxygens (including phenoxy) is 6. The number of H-pyrrole nitrogens is 1. The lowest BCUT2D eigenvalue weighted by Crippen LogP contribution is -2.20. The van der Waals surface area contributed by atoms with Crippen LogP contribution in [0.15, 0.2) is 102 Å². The molecule has 2 heterocycles. The zero-order chi connectivity index (χ0) is 48.5. The molecule has 0 atom stereocenters. The summed E-state index contributed by atoms with van der Waals surface area (Å²) in [4.78, 5) is 32.8. The summed E-state index contributed by atoms with van der Waals surface area (Å²) in [6.45, 7) is 15.6. The molecule has 4 aromatic carbocycles. The summed E-state index contributed by atoms with van der Waals surface area (Å²) >= 11 is 0. The average Bonchev–Trinajstić information content (AvgIpc) is 3.25. The van der Waals surface area contributed by atoms with Gasteiger partial charge in [0.1, 0.15) is 40.2 Å². The number of carbonyl (C=O) groups is 1. The van der Waals surface area contributed by atoms with Crippen molar-refractivity contribution in [2.24, 2.45) is 0 Å². The van der Waals surface area contributed by atoms with Crippen LogP contribution < -0.4 is 29.1 Å². The summed E-state index contributed by atoms with van der Waals surface area (Å²) in [5, 5.41) is 0. The first-order valence-corrected chi connectivity index (χ1v) is 20.7. The fraction of sp³-hybridized carbons (Fsp3) is 0.300. The fourth-order valence-electron chi connectivity index (χ4n) is 6.76. The van der Waals surface area contributed by atoms with Gasteiger partial charge in [-0.2, -0.15) is 0 Å². The van der Waals surface area contributed by atoms with Crippen LogP contribution in [0.4, 0.5) is 31.1 Å². The number of nitrogens with zero attached hydrogens (tertiary/aromatic N) is 1. The van der Waals surface area contributed by atoms with Crippen molar-refractivity contribution in [3.63, 3.8) is 0 Å². The van der Waals surface area contributed by atoms with E-state index in [2.05, 4.69) is 14.5 Å². The first kappa shape index (κ1) is 50.0. The van der Waals surface area contributed by atoms with E-state index in [-0.39, 0.29) is 28.8 Å². The lowest BCUT2D eigenvalue weighted by Gasteiger charge is -2.20. The van der Waals surface area contributed by atoms with E-state index in [1.54, 1.807) is 24.3 Å². The number of nitrogens with one attached hydrogen (secondary N) is 1. The minimum Gasteiger partial charge on any atom is -0.457 e. The monoisotopic (exact) mass is 920 g/mol. The van der Waals surface area contributed by atoms with Gasteiger partial charge in [-0.25, -0.2) is 4.79 Å². The Labute approximate surface area is 378 Å². The van der Waals surface area contributed by atoms with E-state index in [0.717, 1.165) is 56.2 Å². The molecular formula is C50H50F6N2O8. The highest BCUT2D eigenvalue weighted by molar-refractivity contribution is 5.66. The Bertz CT molecular complexity index is 2640. The maximum absolute atomic E-state index is 12.8. The second-order valence-electron chi connectivity index (χ2n) is 15.9. The Morgan fingerprint density at radius 3 is 1.36 bits per heavy atom. The van der Waals surface area contributed by atoms with Crippen molar-refractivity contribution in [1.82, 2.24) is 9.97 Å². The number of aromatic nitrogens is 2. The van der Waals surface area contributed by atoms with Gasteiger partial charge in [-0.3, -0.25) is 9.78 Å². The van der Waals surface area contributed by atoms with Crippen LogP contribution in [0, 0.1) is 27.7 Å². The summed E-state index contributed by atoms with van der Waals surface area (Å²) in [5.74, 6) is 1.87. The second-order valence-corrected chi connectivity index (χ2v) is 15.9. The molecule has 0 fully saturated rings. The number of benzene rings is 4. The van der Waals surface area contributed by atoms with E-state index in [1.807, 2.05) is 79.7 Å². The summed E-state index contributed by atoms with van der Waals surface area (Å²) in [7, 11) is 1.25. The molecule has 0 aliphatic rings. The van der Waals surface area contributed by atoms with Gasteiger partial charge >= 0.3 is 18.9 Å². The largest absolute Gasteiger partial charge is 0.573 e. The molecule has 0 aliphatic carbocycles. The fourth-order valence-corrected chi connectivity index (χ4v) is 6.76. The van der Waals surface area contributed by atoms with Gasteiger partial charge in [-0.1, -0.05) is 52.0 Å². The van der Waals surface area contributed by atoms with Crippen LogP contribution >= 0.6 is 0 Å². The van der Waals surface area contributed by atoms with Crippen LogP contribution in [0.3, 0.4) is 0 Å². The number of hydrogen-bond acceptors (Lipinski definition) is 9. The Morgan fingerprint density at radius 2 is 0.985 bits per heavy atom. The minimum absolute atomic E-state index is 0.0569. The van der Waals surface area contributed by atoms with Crippen molar-refractivity contribution in [3.05, 3.63) is 163 Å². The maximum Gasteiger partial charge on any atom is 0.573 e. The van der Waals surface area contributed by atoms with Gasteiger partial charge in [0, 0.05) is 52.2 Å².